The molecule has 2 aliphatic heterocycles. The number of benzene rings is 1. The lowest BCUT2D eigenvalue weighted by Crippen LogP contribution is -2.51. The smallest absolute Gasteiger partial charge is 0.273 e. The summed E-state index contributed by atoms with van der Waals surface area (Å²) >= 11 is 1.39. The number of carbonyl (C=O) groups is 2. The molecule has 2 saturated heterocycles. The van der Waals surface area contributed by atoms with E-state index in [0.29, 0.717) is 55.8 Å². The summed E-state index contributed by atoms with van der Waals surface area (Å²) in [5, 5.41) is 8.65. The van der Waals surface area contributed by atoms with Crippen molar-refractivity contribution in [1.29, 1.82) is 0 Å². The van der Waals surface area contributed by atoms with Crippen LogP contribution in [0.5, 0.6) is 5.75 Å². The van der Waals surface area contributed by atoms with Crippen molar-refractivity contribution >= 4 is 34.0 Å². The van der Waals surface area contributed by atoms with Gasteiger partial charge in [-0.3, -0.25) is 19.4 Å². The van der Waals surface area contributed by atoms with Crippen molar-refractivity contribution in [3.63, 3.8) is 0 Å². The van der Waals surface area contributed by atoms with E-state index in [9.17, 15) is 9.59 Å². The van der Waals surface area contributed by atoms with Crippen LogP contribution in [0.1, 0.15) is 16.9 Å². The van der Waals surface area contributed by atoms with Crippen molar-refractivity contribution in [3.05, 3.63) is 35.3 Å². The van der Waals surface area contributed by atoms with Gasteiger partial charge in [-0.2, -0.15) is 0 Å². The number of anilines is 2. The van der Waals surface area contributed by atoms with Crippen LogP contribution in [-0.4, -0.2) is 111 Å². The van der Waals surface area contributed by atoms with Gasteiger partial charge in [0, 0.05) is 51.2 Å². The zero-order valence-electron chi connectivity index (χ0n) is 20.2. The maximum absolute atomic E-state index is 12.9. The van der Waals surface area contributed by atoms with Crippen LogP contribution >= 0.6 is 11.3 Å². The van der Waals surface area contributed by atoms with Crippen molar-refractivity contribution in [3.8, 4) is 5.75 Å². The third-order valence-corrected chi connectivity index (χ3v) is 6.93. The van der Waals surface area contributed by atoms with Gasteiger partial charge in [0.15, 0.2) is 5.13 Å². The number of hydrogen-bond donors (Lipinski definition) is 2. The van der Waals surface area contributed by atoms with E-state index in [-0.39, 0.29) is 11.8 Å². The Kier molecular flexibility index (Phi) is 9.29. The van der Waals surface area contributed by atoms with Crippen LogP contribution < -0.4 is 15.4 Å². The fourth-order valence-electron chi connectivity index (χ4n) is 4.18. The molecular weight excluding hydrogens is 468 g/mol. The third-order valence-electron chi connectivity index (χ3n) is 6.18. The third kappa shape index (κ3) is 7.38. The maximum Gasteiger partial charge on any atom is 0.273 e. The molecule has 2 aromatic rings. The summed E-state index contributed by atoms with van der Waals surface area (Å²) in [6.45, 7) is 8.06. The minimum atomic E-state index is -0.0819. The van der Waals surface area contributed by atoms with Crippen LogP contribution in [0.3, 0.4) is 0 Å². The van der Waals surface area contributed by atoms with E-state index < -0.39 is 0 Å². The molecule has 2 amide bonds. The van der Waals surface area contributed by atoms with Gasteiger partial charge in [-0.15, -0.1) is 11.3 Å². The molecule has 10 nitrogen and oxygen atoms in total. The lowest BCUT2D eigenvalue weighted by molar-refractivity contribution is -0.122. The predicted molar refractivity (Wildman–Crippen MR) is 136 cm³/mol. The van der Waals surface area contributed by atoms with Crippen LogP contribution in [0.25, 0.3) is 0 Å². The van der Waals surface area contributed by atoms with Gasteiger partial charge < -0.3 is 25.0 Å². The quantitative estimate of drug-likeness (QED) is 0.472. The monoisotopic (exact) mass is 502 g/mol. The molecule has 11 heteroatoms. The maximum atomic E-state index is 12.9. The molecule has 3 heterocycles. The molecule has 190 valence electrons. The molecule has 1 aromatic carbocycles. The van der Waals surface area contributed by atoms with Gasteiger partial charge in [0.1, 0.15) is 11.4 Å². The minimum absolute atomic E-state index is 0.0401. The van der Waals surface area contributed by atoms with Gasteiger partial charge in [-0.1, -0.05) is 12.1 Å². The van der Waals surface area contributed by atoms with Crippen molar-refractivity contribution in [2.45, 2.75) is 6.42 Å². The fourth-order valence-corrected chi connectivity index (χ4v) is 4.87. The summed E-state index contributed by atoms with van der Waals surface area (Å²) in [6, 6.07) is 7.58. The zero-order valence-corrected chi connectivity index (χ0v) is 21.0. The minimum Gasteiger partial charge on any atom is -0.495 e. The van der Waals surface area contributed by atoms with Gasteiger partial charge in [-0.05, 0) is 25.1 Å². The number of nitrogens with one attached hydrogen (secondary N) is 2. The first kappa shape index (κ1) is 25.4. The Bertz CT molecular complexity index is 972. The molecule has 2 N–H and O–H groups in total. The number of para-hydroxylation sites is 2. The molecular formula is C24H34N6O4S. The van der Waals surface area contributed by atoms with Gasteiger partial charge >= 0.3 is 0 Å². The molecule has 4 rings (SSSR count). The summed E-state index contributed by atoms with van der Waals surface area (Å²) in [6.07, 6.45) is 0.940. The largest absolute Gasteiger partial charge is 0.495 e. The Morgan fingerprint density at radius 1 is 1.09 bits per heavy atom. The van der Waals surface area contributed by atoms with Gasteiger partial charge in [0.25, 0.3) is 5.91 Å². The first-order valence-corrected chi connectivity index (χ1v) is 12.9. The van der Waals surface area contributed by atoms with E-state index in [1.165, 1.54) is 11.3 Å². The number of morpholine rings is 1. The highest BCUT2D eigenvalue weighted by Gasteiger charge is 2.25. The van der Waals surface area contributed by atoms with E-state index in [4.69, 9.17) is 9.47 Å². The molecule has 2 aliphatic rings. The summed E-state index contributed by atoms with van der Waals surface area (Å²) < 4.78 is 10.7. The average Bonchev–Trinajstić information content (AvgIpc) is 3.36. The highest BCUT2D eigenvalue weighted by molar-refractivity contribution is 7.14. The van der Waals surface area contributed by atoms with E-state index in [0.717, 1.165) is 45.0 Å². The summed E-state index contributed by atoms with van der Waals surface area (Å²) in [5.74, 6) is 0.674. The predicted octanol–water partition coefficient (Wildman–Crippen LogP) is 1.49. The standard InChI is InChI=1S/C24H34N6O4S/c1-33-21-6-3-2-5-19(21)26-24-27-20(18-35-24)23(32)30-11-9-29(10-12-30)17-22(31)25-7-4-8-28-13-15-34-16-14-28/h2-3,5-6,18H,4,7-17H2,1H3,(H,25,31)(H,26,27). The summed E-state index contributed by atoms with van der Waals surface area (Å²) in [4.78, 5) is 36.0. The first-order valence-electron chi connectivity index (χ1n) is 12.1. The molecule has 0 bridgehead atoms. The summed E-state index contributed by atoms with van der Waals surface area (Å²) in [5.41, 5.74) is 1.23. The highest BCUT2D eigenvalue weighted by atomic mass is 32.1. The molecule has 35 heavy (non-hydrogen) atoms. The number of piperazine rings is 1. The van der Waals surface area contributed by atoms with Crippen LogP contribution in [0.4, 0.5) is 10.8 Å². The number of amides is 2. The van der Waals surface area contributed by atoms with Crippen LogP contribution in [-0.2, 0) is 9.53 Å². The lowest BCUT2D eigenvalue weighted by Gasteiger charge is -2.34. The van der Waals surface area contributed by atoms with Gasteiger partial charge in [0.2, 0.25) is 5.91 Å². The number of aromatic nitrogens is 1. The Balaban J connectivity index is 1.16. The van der Waals surface area contributed by atoms with Crippen molar-refractivity contribution in [2.75, 3.05) is 84.5 Å². The van der Waals surface area contributed by atoms with E-state index in [2.05, 4.69) is 25.4 Å². The molecule has 2 fully saturated rings. The fraction of sp³-hybridized carbons (Fsp3) is 0.542. The van der Waals surface area contributed by atoms with Crippen molar-refractivity contribution < 1.29 is 19.1 Å². The zero-order chi connectivity index (χ0) is 24.5. The van der Waals surface area contributed by atoms with E-state index in [1.807, 2.05) is 24.3 Å². The van der Waals surface area contributed by atoms with E-state index >= 15 is 0 Å². The highest BCUT2D eigenvalue weighted by Crippen LogP contribution is 2.28. The van der Waals surface area contributed by atoms with Crippen molar-refractivity contribution in [2.24, 2.45) is 0 Å². The Labute approximate surface area is 210 Å². The Morgan fingerprint density at radius 3 is 2.63 bits per heavy atom. The SMILES string of the molecule is COc1ccccc1Nc1nc(C(=O)N2CCN(CC(=O)NCCCN3CCOCC3)CC2)cs1. The van der Waals surface area contributed by atoms with Gasteiger partial charge in [-0.25, -0.2) is 4.98 Å². The average molecular weight is 503 g/mol. The van der Waals surface area contributed by atoms with Crippen LogP contribution in [0, 0.1) is 0 Å². The molecule has 0 aliphatic carbocycles. The number of rotatable bonds is 10. The number of hydrogen-bond acceptors (Lipinski definition) is 9. The molecule has 0 atom stereocenters. The topological polar surface area (TPSA) is 99.3 Å². The normalized spacial score (nSPS) is 17.2. The second-order valence-electron chi connectivity index (χ2n) is 8.59. The Hall–Kier alpha value is -2.73. The second-order valence-corrected chi connectivity index (χ2v) is 9.45. The lowest BCUT2D eigenvalue weighted by atomic mass is 10.2. The number of nitrogens with zero attached hydrogens (tertiary/aromatic N) is 4. The number of ether oxygens (including phenoxy) is 2. The molecule has 1 aromatic heterocycles. The second kappa shape index (κ2) is 12.8. The number of methoxy groups -OCH3 is 1. The van der Waals surface area contributed by atoms with Crippen molar-refractivity contribution in [1.82, 2.24) is 25.0 Å². The van der Waals surface area contributed by atoms with Gasteiger partial charge in [0.05, 0.1) is 32.6 Å². The number of carbonyl (C=O) groups excluding carboxylic acids is 2. The molecule has 0 saturated carbocycles. The number of thiazole rings is 1. The summed E-state index contributed by atoms with van der Waals surface area (Å²) in [7, 11) is 1.62. The van der Waals surface area contributed by atoms with E-state index in [1.54, 1.807) is 17.4 Å². The van der Waals surface area contributed by atoms with Crippen LogP contribution in [0.15, 0.2) is 29.6 Å². The molecule has 0 unspecified atom stereocenters. The molecule has 0 radical (unpaired) electrons. The first-order chi connectivity index (χ1) is 17.1. The Morgan fingerprint density at radius 2 is 1.86 bits per heavy atom. The molecule has 0 spiro atoms. The van der Waals surface area contributed by atoms with Crippen LogP contribution in [0.2, 0.25) is 0 Å².